The molecule has 100 valence electrons. The van der Waals surface area contributed by atoms with Crippen molar-refractivity contribution in [1.29, 1.82) is 0 Å². The molecular weight excluding hydrogens is 251 g/mol. The summed E-state index contributed by atoms with van der Waals surface area (Å²) < 4.78 is 20.0. The summed E-state index contributed by atoms with van der Waals surface area (Å²) in [6.45, 7) is 0. The Kier molecular flexibility index (Phi) is 3.79. The molecule has 0 atom stereocenters. The molecule has 0 spiro atoms. The van der Waals surface area contributed by atoms with Crippen LogP contribution in [0.3, 0.4) is 0 Å². The van der Waals surface area contributed by atoms with Crippen molar-refractivity contribution in [3.05, 3.63) is 42.2 Å². The molecule has 0 radical (unpaired) electrons. The van der Waals surface area contributed by atoms with Crippen LogP contribution in [0.25, 0.3) is 5.69 Å². The third kappa shape index (κ3) is 3.09. The fourth-order valence-corrected chi connectivity index (χ4v) is 1.72. The second-order valence-corrected chi connectivity index (χ2v) is 3.98. The zero-order valence-electron chi connectivity index (χ0n) is 10.3. The molecule has 0 fully saturated rings. The molecule has 0 unspecified atom stereocenters. The average molecular weight is 264 g/mol. The summed E-state index contributed by atoms with van der Waals surface area (Å²) in [7, 11) is 1.50. The standard InChI is InChI=1S/C13H13FN2O3/c1-19-12-4-2-9(14)6-11(12)16-7-10(15-8-16)3-5-13(17)18/h2,4,6-8H,3,5H2,1H3,(H,17,18). The number of carboxylic acid groups (broad SMARTS) is 1. The lowest BCUT2D eigenvalue weighted by Gasteiger charge is -2.08. The summed E-state index contributed by atoms with van der Waals surface area (Å²) in [5, 5.41) is 8.61. The Labute approximate surface area is 109 Å². The van der Waals surface area contributed by atoms with Gasteiger partial charge in [-0.15, -0.1) is 0 Å². The highest BCUT2D eigenvalue weighted by Crippen LogP contribution is 2.23. The van der Waals surface area contributed by atoms with Crippen LogP contribution in [0.1, 0.15) is 12.1 Å². The zero-order chi connectivity index (χ0) is 13.8. The van der Waals surface area contributed by atoms with Gasteiger partial charge in [0.1, 0.15) is 11.6 Å². The summed E-state index contributed by atoms with van der Waals surface area (Å²) in [6, 6.07) is 4.17. The molecule has 0 bridgehead atoms. The molecule has 5 nitrogen and oxygen atoms in total. The number of methoxy groups -OCH3 is 1. The molecule has 1 aromatic heterocycles. The first-order valence-electron chi connectivity index (χ1n) is 5.68. The Bertz CT molecular complexity index is 595. The number of carbonyl (C=O) groups is 1. The Balaban J connectivity index is 2.27. The van der Waals surface area contributed by atoms with Gasteiger partial charge in [0, 0.05) is 18.7 Å². The maximum absolute atomic E-state index is 13.3. The van der Waals surface area contributed by atoms with E-state index in [4.69, 9.17) is 9.84 Å². The second-order valence-electron chi connectivity index (χ2n) is 3.98. The van der Waals surface area contributed by atoms with Gasteiger partial charge in [-0.1, -0.05) is 0 Å². The zero-order valence-corrected chi connectivity index (χ0v) is 10.3. The van der Waals surface area contributed by atoms with E-state index in [1.54, 1.807) is 10.8 Å². The van der Waals surface area contributed by atoms with Crippen LogP contribution in [0.2, 0.25) is 0 Å². The summed E-state index contributed by atoms with van der Waals surface area (Å²) in [4.78, 5) is 14.6. The minimum Gasteiger partial charge on any atom is -0.495 e. The van der Waals surface area contributed by atoms with E-state index in [1.165, 1.54) is 31.6 Å². The van der Waals surface area contributed by atoms with Gasteiger partial charge < -0.3 is 14.4 Å². The van der Waals surface area contributed by atoms with E-state index in [0.717, 1.165) is 0 Å². The van der Waals surface area contributed by atoms with Crippen LogP contribution in [0.5, 0.6) is 5.75 Å². The number of hydrogen-bond acceptors (Lipinski definition) is 3. The Morgan fingerprint density at radius 2 is 2.32 bits per heavy atom. The van der Waals surface area contributed by atoms with Gasteiger partial charge in [-0.2, -0.15) is 0 Å². The highest BCUT2D eigenvalue weighted by molar-refractivity contribution is 5.66. The van der Waals surface area contributed by atoms with Crippen molar-refractivity contribution in [3.63, 3.8) is 0 Å². The largest absolute Gasteiger partial charge is 0.495 e. The molecule has 1 N–H and O–H groups in total. The fourth-order valence-electron chi connectivity index (χ4n) is 1.72. The monoisotopic (exact) mass is 264 g/mol. The van der Waals surface area contributed by atoms with Crippen LogP contribution in [0.4, 0.5) is 4.39 Å². The first kappa shape index (κ1) is 13.1. The summed E-state index contributed by atoms with van der Waals surface area (Å²) in [6.07, 6.45) is 3.52. The Morgan fingerprint density at radius 1 is 1.53 bits per heavy atom. The van der Waals surface area contributed by atoms with Crippen molar-refractivity contribution in [2.75, 3.05) is 7.11 Å². The van der Waals surface area contributed by atoms with Crippen LogP contribution in [0.15, 0.2) is 30.7 Å². The number of benzene rings is 1. The van der Waals surface area contributed by atoms with E-state index in [1.807, 2.05) is 0 Å². The highest BCUT2D eigenvalue weighted by atomic mass is 19.1. The summed E-state index contributed by atoms with van der Waals surface area (Å²) >= 11 is 0. The quantitative estimate of drug-likeness (QED) is 0.897. The van der Waals surface area contributed by atoms with Crippen molar-refractivity contribution in [2.45, 2.75) is 12.8 Å². The lowest BCUT2D eigenvalue weighted by molar-refractivity contribution is -0.136. The number of carboxylic acids is 1. The SMILES string of the molecule is COc1ccc(F)cc1-n1cnc(CCC(=O)O)c1. The van der Waals surface area contributed by atoms with Gasteiger partial charge in [-0.05, 0) is 12.1 Å². The lowest BCUT2D eigenvalue weighted by atomic mass is 10.2. The molecule has 0 aliphatic heterocycles. The third-order valence-electron chi connectivity index (χ3n) is 2.65. The number of nitrogens with zero attached hydrogens (tertiary/aromatic N) is 2. The van der Waals surface area contributed by atoms with Gasteiger partial charge in [-0.25, -0.2) is 9.37 Å². The Morgan fingerprint density at radius 3 is 3.00 bits per heavy atom. The van der Waals surface area contributed by atoms with Crippen LogP contribution in [0, 0.1) is 5.82 Å². The van der Waals surface area contributed by atoms with E-state index in [0.29, 0.717) is 23.6 Å². The number of aromatic nitrogens is 2. The van der Waals surface area contributed by atoms with Crippen molar-refractivity contribution < 1.29 is 19.0 Å². The smallest absolute Gasteiger partial charge is 0.303 e. The maximum atomic E-state index is 13.3. The number of rotatable bonds is 5. The third-order valence-corrected chi connectivity index (χ3v) is 2.65. The first-order valence-corrected chi connectivity index (χ1v) is 5.68. The van der Waals surface area contributed by atoms with Gasteiger partial charge in [0.2, 0.25) is 0 Å². The Hall–Kier alpha value is -2.37. The van der Waals surface area contributed by atoms with Crippen molar-refractivity contribution >= 4 is 5.97 Å². The number of halogens is 1. The van der Waals surface area contributed by atoms with Crippen LogP contribution < -0.4 is 4.74 Å². The molecule has 0 saturated carbocycles. The number of ether oxygens (including phenoxy) is 1. The van der Waals surface area contributed by atoms with Gasteiger partial charge in [0.15, 0.2) is 0 Å². The van der Waals surface area contributed by atoms with Crippen LogP contribution in [-0.2, 0) is 11.2 Å². The molecule has 2 aromatic rings. The van der Waals surface area contributed by atoms with E-state index >= 15 is 0 Å². The normalized spacial score (nSPS) is 10.4. The number of aliphatic carboxylic acids is 1. The first-order chi connectivity index (χ1) is 9.10. The average Bonchev–Trinajstić information content (AvgIpc) is 2.85. The lowest BCUT2D eigenvalue weighted by Crippen LogP contribution is -1.98. The minimum absolute atomic E-state index is 0.0112. The van der Waals surface area contributed by atoms with Gasteiger partial charge in [-0.3, -0.25) is 4.79 Å². The second kappa shape index (κ2) is 5.51. The van der Waals surface area contributed by atoms with Crippen molar-refractivity contribution in [3.8, 4) is 11.4 Å². The highest BCUT2D eigenvalue weighted by Gasteiger charge is 2.09. The van der Waals surface area contributed by atoms with Crippen LogP contribution >= 0.6 is 0 Å². The molecule has 0 saturated heterocycles. The van der Waals surface area contributed by atoms with Crippen LogP contribution in [-0.4, -0.2) is 27.7 Å². The molecule has 19 heavy (non-hydrogen) atoms. The molecule has 1 heterocycles. The topological polar surface area (TPSA) is 64.4 Å². The predicted molar refractivity (Wildman–Crippen MR) is 66.0 cm³/mol. The number of aryl methyl sites for hydroxylation is 1. The number of imidazole rings is 1. The fraction of sp³-hybridized carbons (Fsp3) is 0.231. The van der Waals surface area contributed by atoms with Gasteiger partial charge in [0.05, 0.1) is 31.2 Å². The molecule has 1 aromatic carbocycles. The summed E-state index contributed by atoms with van der Waals surface area (Å²) in [5.41, 5.74) is 1.16. The van der Waals surface area contributed by atoms with E-state index in [9.17, 15) is 9.18 Å². The molecule has 0 aliphatic rings. The molecular formula is C13H13FN2O3. The molecule has 0 amide bonds. The van der Waals surface area contributed by atoms with E-state index in [-0.39, 0.29) is 12.2 Å². The van der Waals surface area contributed by atoms with E-state index < -0.39 is 5.97 Å². The minimum atomic E-state index is -0.877. The molecule has 0 aliphatic carbocycles. The van der Waals surface area contributed by atoms with Gasteiger partial charge in [0.25, 0.3) is 0 Å². The summed E-state index contributed by atoms with van der Waals surface area (Å²) in [5.74, 6) is -0.738. The van der Waals surface area contributed by atoms with Crippen molar-refractivity contribution in [2.24, 2.45) is 0 Å². The van der Waals surface area contributed by atoms with E-state index in [2.05, 4.69) is 4.98 Å². The number of hydrogen-bond donors (Lipinski definition) is 1. The predicted octanol–water partition coefficient (Wildman–Crippen LogP) is 2.04. The van der Waals surface area contributed by atoms with Gasteiger partial charge >= 0.3 is 5.97 Å². The molecule has 2 rings (SSSR count). The van der Waals surface area contributed by atoms with Crippen molar-refractivity contribution in [1.82, 2.24) is 9.55 Å². The maximum Gasteiger partial charge on any atom is 0.303 e. The molecule has 6 heteroatoms.